The van der Waals surface area contributed by atoms with Gasteiger partial charge in [0.1, 0.15) is 0 Å². The topological polar surface area (TPSA) is 0 Å². The van der Waals surface area contributed by atoms with E-state index in [0.717, 1.165) is 0 Å². The van der Waals surface area contributed by atoms with Crippen LogP contribution in [-0.2, 0) is 0 Å². The Hall–Kier alpha value is -11.7. The molecule has 15 aromatic carbocycles. The third-order valence-electron chi connectivity index (χ3n) is 20.8. The van der Waals surface area contributed by atoms with Crippen molar-refractivity contribution in [1.29, 1.82) is 0 Å². The molecule has 0 saturated carbocycles. The summed E-state index contributed by atoms with van der Waals surface area (Å²) in [7, 11) is 0. The van der Waals surface area contributed by atoms with Crippen molar-refractivity contribution in [3.8, 4) is 66.8 Å². The highest BCUT2D eigenvalue weighted by Crippen LogP contribution is 2.43. The Kier molecular flexibility index (Phi) is 18.5. The van der Waals surface area contributed by atoms with E-state index in [4.69, 9.17) is 0 Å². The molecule has 100 heavy (non-hydrogen) atoms. The molecule has 0 bridgehead atoms. The van der Waals surface area contributed by atoms with Crippen LogP contribution in [0.5, 0.6) is 0 Å². The molecule has 0 nitrogen and oxygen atoms in total. The summed E-state index contributed by atoms with van der Waals surface area (Å²) in [5, 5.41) is 0. The van der Waals surface area contributed by atoms with E-state index >= 15 is 0 Å². The van der Waals surface area contributed by atoms with Crippen LogP contribution in [0.15, 0.2) is 364 Å². The number of hydrogen-bond donors (Lipinski definition) is 0. The fraction of sp³-hybridized carbons (Fsp3) is 0.100. The summed E-state index contributed by atoms with van der Waals surface area (Å²) < 4.78 is 0. The van der Waals surface area contributed by atoms with E-state index in [9.17, 15) is 0 Å². The normalized spacial score (nSPS) is 12.0. The van der Waals surface area contributed by atoms with E-state index < -0.39 is 0 Å². The highest BCUT2D eigenvalue weighted by atomic mass is 14.3. The molecule has 0 aromatic heterocycles. The lowest BCUT2D eigenvalue weighted by Gasteiger charge is -2.23. The lowest BCUT2D eigenvalue weighted by molar-refractivity contribution is 0.974. The predicted octanol–water partition coefficient (Wildman–Crippen LogP) is 26.3. The molecule has 0 spiro atoms. The van der Waals surface area contributed by atoms with Crippen molar-refractivity contribution in [2.45, 2.75) is 65.2 Å². The SMILES string of the molecule is Cc1ccc(-c2ccc(C(c3ccc(-c4ccc(C(c5ccccc5)c5ccccc5)cc4)cc3)c3ccc(-c4cc(C)c(-c5ccc(C(c6ccc(-c7ccc(C)cc7)cc6)c6ccc(-c7ccc(C(c8ccccc8)c8ccccc8)cc7)cc6)cc5C)cc4C)c(C)c3)cc2)cc1. The zero-order valence-electron chi connectivity index (χ0n) is 58.0. The minimum Gasteiger partial charge on any atom is -0.0622 e. The zero-order chi connectivity index (χ0) is 68.1. The Morgan fingerprint density at radius 3 is 0.520 bits per heavy atom. The standard InChI is InChI=1S/C100H82/c1-67-27-31-73(32-28-67)75-39-51-87(52-40-75)99(89-55-43-79(44-56-89)77-35-47-85(48-36-77)97(81-19-11-7-12-20-81)82-21-13-8-14-22-82)91-59-61-93(69(3)63-91)95-65-72(6)96(66-71(95)5)94-62-60-92(64-70(94)4)100(88-53-41-76(42-54-88)74-33-29-68(2)30-34-74)90-57-45-80(46-58-90)78-37-49-86(50-38-78)98(83-23-15-9-16-24-83)84-25-17-10-18-26-84/h7-66,97-100H,1-6H3. The van der Waals surface area contributed by atoms with Gasteiger partial charge in [-0.25, -0.2) is 0 Å². The summed E-state index contributed by atoms with van der Waals surface area (Å²) in [6, 6.07) is 136. The van der Waals surface area contributed by atoms with Gasteiger partial charge in [-0.2, -0.15) is 0 Å². The smallest absolute Gasteiger partial charge is 0.0340 e. The third-order valence-corrected chi connectivity index (χ3v) is 20.8. The van der Waals surface area contributed by atoms with Gasteiger partial charge in [0.2, 0.25) is 0 Å². The first-order valence-electron chi connectivity index (χ1n) is 35.3. The lowest BCUT2D eigenvalue weighted by atomic mass is 9.81. The molecule has 0 aliphatic heterocycles. The van der Waals surface area contributed by atoms with Gasteiger partial charge in [0.25, 0.3) is 0 Å². The number of aryl methyl sites for hydroxylation is 6. The van der Waals surface area contributed by atoms with Crippen LogP contribution in [0, 0.1) is 41.5 Å². The summed E-state index contributed by atoms with van der Waals surface area (Å²) in [5.41, 5.74) is 37.6. The van der Waals surface area contributed by atoms with Crippen LogP contribution in [-0.4, -0.2) is 0 Å². The second-order valence-corrected chi connectivity index (χ2v) is 27.5. The molecule has 482 valence electrons. The summed E-state index contributed by atoms with van der Waals surface area (Å²) in [6.45, 7) is 13.5. The van der Waals surface area contributed by atoms with E-state index in [1.807, 2.05) is 0 Å². The summed E-state index contributed by atoms with van der Waals surface area (Å²) in [5.74, 6) is 0.345. The maximum Gasteiger partial charge on any atom is 0.0340 e. The molecule has 0 amide bonds. The molecule has 0 radical (unpaired) electrons. The van der Waals surface area contributed by atoms with Crippen LogP contribution in [0.3, 0.4) is 0 Å². The van der Waals surface area contributed by atoms with Crippen molar-refractivity contribution in [1.82, 2.24) is 0 Å². The van der Waals surface area contributed by atoms with E-state index in [-0.39, 0.29) is 23.7 Å². The van der Waals surface area contributed by atoms with Gasteiger partial charge in [-0.05, 0) is 197 Å². The van der Waals surface area contributed by atoms with Crippen molar-refractivity contribution < 1.29 is 0 Å². The van der Waals surface area contributed by atoms with Crippen molar-refractivity contribution in [3.63, 3.8) is 0 Å². The van der Waals surface area contributed by atoms with Crippen LogP contribution in [0.1, 0.15) is 124 Å². The van der Waals surface area contributed by atoms with E-state index in [2.05, 4.69) is 406 Å². The van der Waals surface area contributed by atoms with Gasteiger partial charge in [-0.1, -0.05) is 375 Å². The monoisotopic (exact) mass is 1280 g/mol. The minimum atomic E-state index is 0.0184. The average Bonchev–Trinajstić information content (AvgIpc) is 0.776. The molecule has 15 rings (SSSR count). The second kappa shape index (κ2) is 28.8. The number of hydrogen-bond acceptors (Lipinski definition) is 0. The average molecular weight is 1280 g/mol. The van der Waals surface area contributed by atoms with Gasteiger partial charge in [-0.15, -0.1) is 0 Å². The van der Waals surface area contributed by atoms with E-state index in [0.29, 0.717) is 0 Å². The van der Waals surface area contributed by atoms with Crippen molar-refractivity contribution in [2.75, 3.05) is 0 Å². The van der Waals surface area contributed by atoms with Crippen LogP contribution in [0.25, 0.3) is 66.8 Å². The largest absolute Gasteiger partial charge is 0.0622 e. The van der Waals surface area contributed by atoms with Crippen molar-refractivity contribution in [3.05, 3.63) is 464 Å². The molecular formula is C100H82. The van der Waals surface area contributed by atoms with Crippen LogP contribution >= 0.6 is 0 Å². The summed E-state index contributed by atoms with van der Waals surface area (Å²) in [6.07, 6.45) is 0. The minimum absolute atomic E-state index is 0.0184. The first-order chi connectivity index (χ1) is 49.0. The van der Waals surface area contributed by atoms with E-state index in [1.54, 1.807) is 0 Å². The molecular weight excluding hydrogens is 1200 g/mol. The van der Waals surface area contributed by atoms with Crippen LogP contribution < -0.4 is 0 Å². The fourth-order valence-corrected chi connectivity index (χ4v) is 15.3. The Balaban J connectivity index is 0.718. The first kappa shape index (κ1) is 64.3. The zero-order valence-corrected chi connectivity index (χ0v) is 58.0. The molecule has 2 unspecified atom stereocenters. The Bertz CT molecular complexity index is 4830. The third kappa shape index (κ3) is 13.7. The molecule has 0 aliphatic rings. The molecule has 0 aliphatic carbocycles. The van der Waals surface area contributed by atoms with Gasteiger partial charge < -0.3 is 0 Å². The quantitative estimate of drug-likeness (QED) is 0.0751. The molecule has 2 atom stereocenters. The molecule has 0 heterocycles. The highest BCUT2D eigenvalue weighted by molar-refractivity contribution is 5.80. The Morgan fingerprint density at radius 2 is 0.310 bits per heavy atom. The van der Waals surface area contributed by atoms with Crippen LogP contribution in [0.4, 0.5) is 0 Å². The maximum absolute atomic E-state index is 2.44. The van der Waals surface area contributed by atoms with Gasteiger partial charge in [0.05, 0.1) is 0 Å². The van der Waals surface area contributed by atoms with Crippen molar-refractivity contribution >= 4 is 0 Å². The molecule has 0 N–H and O–H groups in total. The number of rotatable bonds is 18. The predicted molar refractivity (Wildman–Crippen MR) is 423 cm³/mol. The molecule has 15 aromatic rings. The van der Waals surface area contributed by atoms with Crippen LogP contribution in [0.2, 0.25) is 0 Å². The van der Waals surface area contributed by atoms with Crippen molar-refractivity contribution in [2.24, 2.45) is 0 Å². The lowest BCUT2D eigenvalue weighted by Crippen LogP contribution is -2.05. The fourth-order valence-electron chi connectivity index (χ4n) is 15.3. The molecule has 0 fully saturated rings. The van der Waals surface area contributed by atoms with Gasteiger partial charge in [0, 0.05) is 23.7 Å². The van der Waals surface area contributed by atoms with Gasteiger partial charge >= 0.3 is 0 Å². The Morgan fingerprint density at radius 1 is 0.140 bits per heavy atom. The Labute approximate surface area is 592 Å². The highest BCUT2D eigenvalue weighted by Gasteiger charge is 2.24. The number of benzene rings is 15. The molecule has 0 heteroatoms. The summed E-state index contributed by atoms with van der Waals surface area (Å²) in [4.78, 5) is 0. The first-order valence-corrected chi connectivity index (χ1v) is 35.3. The van der Waals surface area contributed by atoms with Gasteiger partial charge in [-0.3, -0.25) is 0 Å². The summed E-state index contributed by atoms with van der Waals surface area (Å²) >= 11 is 0. The second-order valence-electron chi connectivity index (χ2n) is 27.5. The van der Waals surface area contributed by atoms with Gasteiger partial charge in [0.15, 0.2) is 0 Å². The molecule has 0 saturated heterocycles. The van der Waals surface area contributed by atoms with E-state index in [1.165, 1.54) is 167 Å². The maximum atomic E-state index is 2.44.